The number of benzene rings is 2. The predicted octanol–water partition coefficient (Wildman–Crippen LogP) is 3.18. The third kappa shape index (κ3) is 7.88. The molecule has 2 aromatic carbocycles. The predicted molar refractivity (Wildman–Crippen MR) is 116 cm³/mol. The average molecular weight is 453 g/mol. The van der Waals surface area contributed by atoms with Gasteiger partial charge in [0, 0.05) is 26.1 Å². The van der Waals surface area contributed by atoms with Crippen molar-refractivity contribution < 1.29 is 5.11 Å². The van der Waals surface area contributed by atoms with Gasteiger partial charge in [-0.15, -0.1) is 24.0 Å². The van der Waals surface area contributed by atoms with Crippen molar-refractivity contribution in [3.63, 3.8) is 0 Å². The first kappa shape index (κ1) is 21.4. The summed E-state index contributed by atoms with van der Waals surface area (Å²) in [4.78, 5) is 4.25. The van der Waals surface area contributed by atoms with Crippen LogP contribution in [0.1, 0.15) is 23.5 Å². The molecule has 0 bridgehead atoms. The summed E-state index contributed by atoms with van der Waals surface area (Å²) in [6, 6.07) is 20.5. The van der Waals surface area contributed by atoms with Gasteiger partial charge in [-0.25, -0.2) is 0 Å². The number of halogens is 1. The van der Waals surface area contributed by atoms with Crippen molar-refractivity contribution in [1.29, 1.82) is 0 Å². The molecule has 0 aliphatic heterocycles. The summed E-state index contributed by atoms with van der Waals surface area (Å²) in [5.41, 5.74) is 2.48. The van der Waals surface area contributed by atoms with Crippen LogP contribution in [0.15, 0.2) is 65.7 Å². The first-order valence-corrected chi connectivity index (χ1v) is 8.47. The van der Waals surface area contributed by atoms with Crippen molar-refractivity contribution >= 4 is 29.9 Å². The minimum absolute atomic E-state index is 0. The number of rotatable bonds is 8. The number of nitrogens with zero attached hydrogens (tertiary/aromatic N) is 1. The van der Waals surface area contributed by atoms with Crippen LogP contribution in [0.3, 0.4) is 0 Å². The molecule has 0 aromatic heterocycles. The standard InChI is InChI=1S/C20H27N3O.HI/c1-21-20(22-14-8-11-17-9-4-2-5-10-17)23-15-19(16-24)18-12-6-3-7-13-18;/h2-7,9-10,12-13,19,24H,8,11,14-16H2,1H3,(H2,21,22,23);1H. The lowest BCUT2D eigenvalue weighted by atomic mass is 10.0. The summed E-state index contributed by atoms with van der Waals surface area (Å²) in [7, 11) is 1.77. The van der Waals surface area contributed by atoms with E-state index in [1.807, 2.05) is 36.4 Å². The van der Waals surface area contributed by atoms with E-state index >= 15 is 0 Å². The van der Waals surface area contributed by atoms with Gasteiger partial charge in [0.05, 0.1) is 6.61 Å². The highest BCUT2D eigenvalue weighted by Gasteiger charge is 2.10. The Bertz CT molecular complexity index is 605. The number of aliphatic hydroxyl groups is 1. The lowest BCUT2D eigenvalue weighted by molar-refractivity contribution is 0.265. The van der Waals surface area contributed by atoms with Crippen LogP contribution >= 0.6 is 24.0 Å². The number of aliphatic hydroxyl groups excluding tert-OH is 1. The third-order valence-corrected chi connectivity index (χ3v) is 4.01. The molecule has 25 heavy (non-hydrogen) atoms. The highest BCUT2D eigenvalue weighted by atomic mass is 127. The second-order valence-electron chi connectivity index (χ2n) is 5.76. The highest BCUT2D eigenvalue weighted by Crippen LogP contribution is 2.13. The lowest BCUT2D eigenvalue weighted by Gasteiger charge is -2.18. The SMILES string of the molecule is CN=C(NCCCc1ccccc1)NCC(CO)c1ccccc1.I. The Labute approximate surface area is 167 Å². The second-order valence-corrected chi connectivity index (χ2v) is 5.76. The molecule has 0 saturated carbocycles. The molecule has 0 aliphatic carbocycles. The van der Waals surface area contributed by atoms with Gasteiger partial charge in [-0.1, -0.05) is 60.7 Å². The molecule has 0 fully saturated rings. The van der Waals surface area contributed by atoms with E-state index in [1.54, 1.807) is 7.05 Å². The summed E-state index contributed by atoms with van der Waals surface area (Å²) in [5.74, 6) is 0.839. The zero-order valence-electron chi connectivity index (χ0n) is 14.7. The molecule has 2 rings (SSSR count). The van der Waals surface area contributed by atoms with Crippen LogP contribution in [0.2, 0.25) is 0 Å². The maximum Gasteiger partial charge on any atom is 0.190 e. The van der Waals surface area contributed by atoms with Crippen molar-refractivity contribution in [2.45, 2.75) is 18.8 Å². The molecule has 5 heteroatoms. The molecular weight excluding hydrogens is 425 g/mol. The van der Waals surface area contributed by atoms with Crippen molar-refractivity contribution in [3.05, 3.63) is 71.8 Å². The number of guanidine groups is 1. The first-order chi connectivity index (χ1) is 11.8. The number of nitrogens with one attached hydrogen (secondary N) is 2. The molecule has 0 spiro atoms. The zero-order chi connectivity index (χ0) is 17.0. The van der Waals surface area contributed by atoms with Gasteiger partial charge in [0.25, 0.3) is 0 Å². The molecule has 4 nitrogen and oxygen atoms in total. The Morgan fingerprint density at radius 2 is 1.64 bits per heavy atom. The summed E-state index contributed by atoms with van der Waals surface area (Å²) >= 11 is 0. The molecule has 0 aliphatic rings. The molecule has 0 heterocycles. The normalized spacial score (nSPS) is 12.2. The summed E-state index contributed by atoms with van der Waals surface area (Å²) in [6.45, 7) is 1.63. The van der Waals surface area contributed by atoms with Gasteiger partial charge in [0.2, 0.25) is 0 Å². The highest BCUT2D eigenvalue weighted by molar-refractivity contribution is 14.0. The second kappa shape index (κ2) is 12.7. The van der Waals surface area contributed by atoms with Crippen LogP contribution in [-0.4, -0.2) is 37.8 Å². The number of hydrogen-bond donors (Lipinski definition) is 3. The molecule has 0 amide bonds. The monoisotopic (exact) mass is 453 g/mol. The third-order valence-electron chi connectivity index (χ3n) is 4.01. The van der Waals surface area contributed by atoms with Gasteiger partial charge in [-0.2, -0.15) is 0 Å². The Morgan fingerprint density at radius 1 is 1.00 bits per heavy atom. The van der Waals surface area contributed by atoms with E-state index in [-0.39, 0.29) is 36.5 Å². The van der Waals surface area contributed by atoms with E-state index in [0.717, 1.165) is 30.9 Å². The number of hydrogen-bond acceptors (Lipinski definition) is 2. The molecule has 2 aromatic rings. The topological polar surface area (TPSA) is 56.7 Å². The van der Waals surface area contributed by atoms with Gasteiger partial charge in [-0.3, -0.25) is 4.99 Å². The molecule has 1 atom stereocenters. The van der Waals surface area contributed by atoms with E-state index in [9.17, 15) is 5.11 Å². The first-order valence-electron chi connectivity index (χ1n) is 8.47. The lowest BCUT2D eigenvalue weighted by Crippen LogP contribution is -2.40. The van der Waals surface area contributed by atoms with Crippen LogP contribution in [0, 0.1) is 0 Å². The largest absolute Gasteiger partial charge is 0.396 e. The van der Waals surface area contributed by atoms with Crippen LogP contribution in [0.5, 0.6) is 0 Å². The van der Waals surface area contributed by atoms with Gasteiger partial charge < -0.3 is 15.7 Å². The number of aliphatic imine (C=N–C) groups is 1. The number of aryl methyl sites for hydroxylation is 1. The Hall–Kier alpha value is -1.60. The van der Waals surface area contributed by atoms with Gasteiger partial charge in [-0.05, 0) is 24.0 Å². The van der Waals surface area contributed by atoms with Gasteiger partial charge in [0.1, 0.15) is 0 Å². The fourth-order valence-corrected chi connectivity index (χ4v) is 2.60. The Balaban J connectivity index is 0.00000312. The summed E-state index contributed by atoms with van der Waals surface area (Å²) < 4.78 is 0. The van der Waals surface area contributed by atoms with Crippen molar-refractivity contribution in [2.75, 3.05) is 26.7 Å². The van der Waals surface area contributed by atoms with Crippen molar-refractivity contribution in [3.8, 4) is 0 Å². The smallest absolute Gasteiger partial charge is 0.190 e. The molecule has 3 N–H and O–H groups in total. The molecule has 0 radical (unpaired) electrons. The zero-order valence-corrected chi connectivity index (χ0v) is 17.0. The minimum Gasteiger partial charge on any atom is -0.396 e. The summed E-state index contributed by atoms with van der Waals surface area (Å²) in [6.07, 6.45) is 2.10. The van der Waals surface area contributed by atoms with E-state index in [4.69, 9.17) is 0 Å². The van der Waals surface area contributed by atoms with Crippen LogP contribution < -0.4 is 10.6 Å². The van der Waals surface area contributed by atoms with Crippen molar-refractivity contribution in [2.24, 2.45) is 4.99 Å². The van der Waals surface area contributed by atoms with E-state index < -0.39 is 0 Å². The van der Waals surface area contributed by atoms with Gasteiger partial charge >= 0.3 is 0 Å². The Kier molecular flexibility index (Phi) is 10.9. The quantitative estimate of drug-likeness (QED) is 0.249. The minimum atomic E-state index is 0. The van der Waals surface area contributed by atoms with Crippen LogP contribution in [0.4, 0.5) is 0 Å². The van der Waals surface area contributed by atoms with Crippen LogP contribution in [-0.2, 0) is 6.42 Å². The molecule has 136 valence electrons. The fourth-order valence-electron chi connectivity index (χ4n) is 2.60. The van der Waals surface area contributed by atoms with E-state index in [1.165, 1.54) is 5.56 Å². The van der Waals surface area contributed by atoms with Crippen LogP contribution in [0.25, 0.3) is 0 Å². The maximum absolute atomic E-state index is 9.60. The molecule has 1 unspecified atom stereocenters. The van der Waals surface area contributed by atoms with E-state index in [2.05, 4.69) is 39.9 Å². The Morgan fingerprint density at radius 3 is 2.24 bits per heavy atom. The van der Waals surface area contributed by atoms with E-state index in [0.29, 0.717) is 6.54 Å². The van der Waals surface area contributed by atoms with Crippen molar-refractivity contribution in [1.82, 2.24) is 10.6 Å². The van der Waals surface area contributed by atoms with Gasteiger partial charge in [0.15, 0.2) is 5.96 Å². The molecular formula is C20H28IN3O. The summed E-state index contributed by atoms with van der Waals surface area (Å²) in [5, 5.41) is 16.2. The average Bonchev–Trinajstić information content (AvgIpc) is 2.65. The fraction of sp³-hybridized carbons (Fsp3) is 0.350. The molecule has 0 saturated heterocycles. The maximum atomic E-state index is 9.60.